The first-order chi connectivity index (χ1) is 14.7. The molecule has 0 fully saturated rings. The van der Waals surface area contributed by atoms with Crippen LogP contribution in [0.2, 0.25) is 5.02 Å². The molecule has 0 bridgehead atoms. The number of nitrogens with zero attached hydrogens (tertiary/aromatic N) is 3. The number of carbonyl (C=O) groups is 1. The summed E-state index contributed by atoms with van der Waals surface area (Å²) in [5.41, 5.74) is 1.55. The summed E-state index contributed by atoms with van der Waals surface area (Å²) in [5, 5.41) is 13.1. The molecule has 9 heteroatoms. The second-order valence-corrected chi connectivity index (χ2v) is 7.82. The summed E-state index contributed by atoms with van der Waals surface area (Å²) >= 11 is 5.89. The smallest absolute Gasteiger partial charge is 0.320 e. The molecule has 0 aliphatic rings. The topological polar surface area (TPSA) is 87.6 Å². The number of rotatable bonds is 8. The molecule has 2 aromatic carbocycles. The van der Waals surface area contributed by atoms with Gasteiger partial charge in [0.15, 0.2) is 5.82 Å². The Labute approximate surface area is 184 Å². The molecule has 0 saturated carbocycles. The Kier molecular flexibility index (Phi) is 6.92. The Balaban J connectivity index is 2.07. The molecule has 1 heterocycles. The highest BCUT2D eigenvalue weighted by Gasteiger charge is 2.25. The van der Waals surface area contributed by atoms with Gasteiger partial charge in [-0.15, -0.1) is 0 Å². The predicted octanol–water partition coefficient (Wildman–Crippen LogP) is 4.86. The van der Waals surface area contributed by atoms with Crippen LogP contribution in [0, 0.1) is 5.82 Å². The van der Waals surface area contributed by atoms with Crippen LogP contribution >= 0.6 is 11.6 Å². The summed E-state index contributed by atoms with van der Waals surface area (Å²) in [7, 11) is 1.55. The Hall–Kier alpha value is -2.97. The highest BCUT2D eigenvalue weighted by Crippen LogP contribution is 2.32. The van der Waals surface area contributed by atoms with Crippen molar-refractivity contribution >= 4 is 40.0 Å². The largest absolute Gasteiger partial charge is 0.496 e. The van der Waals surface area contributed by atoms with E-state index < -0.39 is 17.8 Å². The van der Waals surface area contributed by atoms with Crippen molar-refractivity contribution < 1.29 is 19.0 Å². The van der Waals surface area contributed by atoms with Gasteiger partial charge in [-0.1, -0.05) is 17.7 Å². The highest BCUT2D eigenvalue weighted by atomic mass is 35.5. The molecule has 1 atom stereocenters. The number of benzene rings is 2. The first-order valence-corrected chi connectivity index (χ1v) is 10.1. The van der Waals surface area contributed by atoms with Gasteiger partial charge in [0.1, 0.15) is 23.9 Å². The number of carboxylic acids is 1. The lowest BCUT2D eigenvalue weighted by Gasteiger charge is -2.30. The number of fused-ring (bicyclic) bond motifs is 1. The molecular formula is C22H24ClFN4O3. The second kappa shape index (κ2) is 9.45. The van der Waals surface area contributed by atoms with Crippen molar-refractivity contribution in [1.29, 1.82) is 0 Å². The van der Waals surface area contributed by atoms with E-state index >= 15 is 0 Å². The van der Waals surface area contributed by atoms with E-state index in [9.17, 15) is 14.3 Å². The number of nitrogens with one attached hydrogen (secondary N) is 1. The van der Waals surface area contributed by atoms with Crippen LogP contribution in [0.15, 0.2) is 36.7 Å². The van der Waals surface area contributed by atoms with E-state index in [4.69, 9.17) is 16.3 Å². The van der Waals surface area contributed by atoms with Gasteiger partial charge >= 0.3 is 5.97 Å². The summed E-state index contributed by atoms with van der Waals surface area (Å²) in [6.07, 6.45) is 1.37. The van der Waals surface area contributed by atoms with Crippen molar-refractivity contribution in [2.75, 3.05) is 12.4 Å². The van der Waals surface area contributed by atoms with Gasteiger partial charge in [-0.2, -0.15) is 0 Å². The zero-order chi connectivity index (χ0) is 22.7. The minimum Gasteiger partial charge on any atom is -0.496 e. The first kappa shape index (κ1) is 22.7. The Bertz CT molecular complexity index is 1110. The average molecular weight is 447 g/mol. The number of anilines is 2. The molecule has 0 spiro atoms. The normalized spacial score (nSPS) is 12.4. The lowest BCUT2D eigenvalue weighted by atomic mass is 10.1. The lowest BCUT2D eigenvalue weighted by molar-refractivity contribution is -0.143. The molecule has 0 aliphatic heterocycles. The van der Waals surface area contributed by atoms with Gasteiger partial charge in [0.2, 0.25) is 0 Å². The molecule has 2 N–H and O–H groups in total. The number of halogens is 2. The summed E-state index contributed by atoms with van der Waals surface area (Å²) in [4.78, 5) is 22.0. The van der Waals surface area contributed by atoms with Crippen LogP contribution in [0.3, 0.4) is 0 Å². The third kappa shape index (κ3) is 4.86. The standard InChI is InChI=1S/C22H24ClFN4O3/c1-12(2)28(13(3)22(29)30)10-14-8-15-18(9-19(14)31-4)25-11-26-21(15)27-17-7-5-6-16(23)20(17)24/h5-9,11-13H,10H2,1-4H3,(H,29,30)(H,25,26,27)/t13-/m1/s1. The van der Waals surface area contributed by atoms with E-state index in [-0.39, 0.29) is 16.8 Å². The third-order valence-electron chi connectivity index (χ3n) is 5.11. The van der Waals surface area contributed by atoms with Gasteiger partial charge in [-0.25, -0.2) is 14.4 Å². The summed E-state index contributed by atoms with van der Waals surface area (Å²) < 4.78 is 19.9. The van der Waals surface area contributed by atoms with Crippen LogP contribution in [-0.4, -0.2) is 45.1 Å². The summed E-state index contributed by atoms with van der Waals surface area (Å²) in [6.45, 7) is 5.86. The predicted molar refractivity (Wildman–Crippen MR) is 119 cm³/mol. The van der Waals surface area contributed by atoms with E-state index in [1.54, 1.807) is 32.2 Å². The van der Waals surface area contributed by atoms with E-state index in [0.29, 0.717) is 29.0 Å². The van der Waals surface area contributed by atoms with Gasteiger partial charge in [0.05, 0.1) is 23.3 Å². The van der Waals surface area contributed by atoms with Crippen LogP contribution in [-0.2, 0) is 11.3 Å². The number of carboxylic acid groups (broad SMARTS) is 1. The molecule has 1 aromatic heterocycles. The van der Waals surface area contributed by atoms with Crippen molar-refractivity contribution in [3.05, 3.63) is 53.1 Å². The minimum absolute atomic E-state index is 0.000883. The van der Waals surface area contributed by atoms with Gasteiger partial charge in [-0.3, -0.25) is 9.69 Å². The number of methoxy groups -OCH3 is 1. The number of aromatic nitrogens is 2. The van der Waals surface area contributed by atoms with Crippen LogP contribution in [0.25, 0.3) is 10.9 Å². The van der Waals surface area contributed by atoms with Crippen molar-refractivity contribution in [2.45, 2.75) is 39.4 Å². The van der Waals surface area contributed by atoms with E-state index in [1.807, 2.05) is 24.8 Å². The molecule has 0 radical (unpaired) electrons. The van der Waals surface area contributed by atoms with Crippen molar-refractivity contribution in [3.63, 3.8) is 0 Å². The first-order valence-electron chi connectivity index (χ1n) is 9.74. The minimum atomic E-state index is -0.907. The van der Waals surface area contributed by atoms with E-state index in [2.05, 4.69) is 15.3 Å². The fraction of sp³-hybridized carbons (Fsp3) is 0.318. The van der Waals surface area contributed by atoms with Crippen molar-refractivity contribution in [2.24, 2.45) is 0 Å². The van der Waals surface area contributed by atoms with E-state index in [0.717, 1.165) is 5.56 Å². The van der Waals surface area contributed by atoms with Crippen LogP contribution < -0.4 is 10.1 Å². The van der Waals surface area contributed by atoms with Gasteiger partial charge < -0.3 is 15.2 Å². The van der Waals surface area contributed by atoms with E-state index in [1.165, 1.54) is 12.4 Å². The SMILES string of the molecule is COc1cc2ncnc(Nc3cccc(Cl)c3F)c2cc1CN(C(C)C)[C@H](C)C(=O)O. The average Bonchev–Trinajstić information content (AvgIpc) is 2.74. The Morgan fingerprint density at radius 1 is 1.29 bits per heavy atom. The van der Waals surface area contributed by atoms with Crippen LogP contribution in [0.5, 0.6) is 5.75 Å². The molecule has 3 aromatic rings. The zero-order valence-electron chi connectivity index (χ0n) is 17.7. The number of hydrogen-bond donors (Lipinski definition) is 2. The molecule has 7 nitrogen and oxygen atoms in total. The molecule has 0 unspecified atom stereocenters. The lowest BCUT2D eigenvalue weighted by Crippen LogP contribution is -2.42. The van der Waals surface area contributed by atoms with Crippen molar-refractivity contribution in [1.82, 2.24) is 14.9 Å². The monoisotopic (exact) mass is 446 g/mol. The molecule has 164 valence electrons. The number of ether oxygens (including phenoxy) is 1. The van der Waals surface area contributed by atoms with Crippen LogP contribution in [0.4, 0.5) is 15.9 Å². The fourth-order valence-electron chi connectivity index (χ4n) is 3.38. The second-order valence-electron chi connectivity index (χ2n) is 7.41. The molecular weight excluding hydrogens is 423 g/mol. The third-order valence-corrected chi connectivity index (χ3v) is 5.41. The molecule has 0 aliphatic carbocycles. The number of hydrogen-bond acceptors (Lipinski definition) is 6. The Morgan fingerprint density at radius 3 is 2.68 bits per heavy atom. The molecule has 0 amide bonds. The Morgan fingerprint density at radius 2 is 2.03 bits per heavy atom. The summed E-state index contributed by atoms with van der Waals surface area (Å²) in [5.74, 6) is -0.506. The molecule has 31 heavy (non-hydrogen) atoms. The fourth-order valence-corrected chi connectivity index (χ4v) is 3.55. The van der Waals surface area contributed by atoms with Crippen LogP contribution in [0.1, 0.15) is 26.3 Å². The maximum Gasteiger partial charge on any atom is 0.320 e. The maximum atomic E-state index is 14.4. The van der Waals surface area contributed by atoms with Gasteiger partial charge in [0.25, 0.3) is 0 Å². The molecule has 0 saturated heterocycles. The van der Waals surface area contributed by atoms with Gasteiger partial charge in [-0.05, 0) is 39.0 Å². The maximum absolute atomic E-state index is 14.4. The zero-order valence-corrected chi connectivity index (χ0v) is 18.4. The highest BCUT2D eigenvalue weighted by molar-refractivity contribution is 6.31. The molecule has 3 rings (SSSR count). The quantitative estimate of drug-likeness (QED) is 0.511. The van der Waals surface area contributed by atoms with Gasteiger partial charge in [0, 0.05) is 29.6 Å². The van der Waals surface area contributed by atoms with Crippen molar-refractivity contribution in [3.8, 4) is 5.75 Å². The summed E-state index contributed by atoms with van der Waals surface area (Å²) in [6, 6.07) is 7.56. The number of aliphatic carboxylic acids is 1.